The first-order chi connectivity index (χ1) is 14.5. The molecule has 0 spiro atoms. The van der Waals surface area contributed by atoms with Crippen molar-refractivity contribution in [3.8, 4) is 23.3 Å². The highest BCUT2D eigenvalue weighted by Crippen LogP contribution is 2.46. The van der Waals surface area contributed by atoms with Gasteiger partial charge in [-0.2, -0.15) is 5.26 Å². The van der Waals surface area contributed by atoms with Crippen LogP contribution in [0.5, 0.6) is 17.2 Å². The number of nitriles is 1. The minimum absolute atomic E-state index is 0.0364. The van der Waals surface area contributed by atoms with Gasteiger partial charge in [0.05, 0.1) is 43.1 Å². The number of aliphatic hydroxyl groups is 1. The molecule has 8 nitrogen and oxygen atoms in total. The fourth-order valence-electron chi connectivity index (χ4n) is 3.82. The third kappa shape index (κ3) is 5.28. The van der Waals surface area contributed by atoms with Gasteiger partial charge >= 0.3 is 0 Å². The van der Waals surface area contributed by atoms with Gasteiger partial charge in [-0.3, -0.25) is 4.79 Å². The number of carbonyl (C=O) groups excluding carboxylic acids is 1. The highest BCUT2D eigenvalue weighted by atomic mass is 35.5. The SMILES string of the molecule is COc1c(Cl)cc(C(=O)NC[C@@H]2CCN(CCCC#N)CC2O)c2c1OCCCO2. The number of likely N-dealkylation sites (tertiary alicyclic amines) is 1. The Morgan fingerprint density at radius 3 is 2.90 bits per heavy atom. The van der Waals surface area contributed by atoms with Crippen LogP contribution >= 0.6 is 11.6 Å². The molecular formula is C21H28ClN3O5. The first-order valence-corrected chi connectivity index (χ1v) is 10.6. The number of hydrogen-bond donors (Lipinski definition) is 2. The molecule has 0 radical (unpaired) electrons. The highest BCUT2D eigenvalue weighted by Gasteiger charge is 2.30. The Morgan fingerprint density at radius 1 is 1.43 bits per heavy atom. The molecule has 164 valence electrons. The number of β-amino-alcohol motifs (C(OH)–C–C–N with tert-alkyl or cyclic N) is 1. The zero-order chi connectivity index (χ0) is 21.5. The lowest BCUT2D eigenvalue weighted by molar-refractivity contribution is 0.0219. The molecular weight excluding hydrogens is 410 g/mol. The van der Waals surface area contributed by atoms with Crippen LogP contribution in [0.4, 0.5) is 0 Å². The van der Waals surface area contributed by atoms with E-state index in [1.807, 2.05) is 0 Å². The van der Waals surface area contributed by atoms with Crippen molar-refractivity contribution >= 4 is 17.5 Å². The van der Waals surface area contributed by atoms with Crippen LogP contribution < -0.4 is 19.5 Å². The van der Waals surface area contributed by atoms with Crippen LogP contribution in [0.3, 0.4) is 0 Å². The van der Waals surface area contributed by atoms with E-state index in [2.05, 4.69) is 16.3 Å². The van der Waals surface area contributed by atoms with Gasteiger partial charge in [0.2, 0.25) is 5.75 Å². The van der Waals surface area contributed by atoms with Crippen molar-refractivity contribution in [3.05, 3.63) is 16.7 Å². The summed E-state index contributed by atoms with van der Waals surface area (Å²) < 4.78 is 16.8. The summed E-state index contributed by atoms with van der Waals surface area (Å²) >= 11 is 6.30. The molecule has 1 fully saturated rings. The van der Waals surface area contributed by atoms with E-state index >= 15 is 0 Å². The van der Waals surface area contributed by atoms with Crippen molar-refractivity contribution in [3.63, 3.8) is 0 Å². The van der Waals surface area contributed by atoms with Gasteiger partial charge in [-0.05, 0) is 32.0 Å². The van der Waals surface area contributed by atoms with Gasteiger partial charge in [-0.1, -0.05) is 11.6 Å². The van der Waals surface area contributed by atoms with Crippen molar-refractivity contribution < 1.29 is 24.1 Å². The number of hydrogen-bond acceptors (Lipinski definition) is 7. The number of carbonyl (C=O) groups is 1. The minimum atomic E-state index is -0.530. The second-order valence-electron chi connectivity index (χ2n) is 7.54. The molecule has 1 saturated heterocycles. The molecule has 0 aromatic heterocycles. The lowest BCUT2D eigenvalue weighted by atomic mass is 9.93. The topological polar surface area (TPSA) is 104 Å². The quantitative estimate of drug-likeness (QED) is 0.630. The molecule has 2 heterocycles. The number of halogens is 1. The van der Waals surface area contributed by atoms with Crippen molar-refractivity contribution in [2.45, 2.75) is 31.8 Å². The number of nitrogens with zero attached hydrogens (tertiary/aromatic N) is 2. The Hall–Kier alpha value is -2.21. The van der Waals surface area contributed by atoms with Crippen molar-refractivity contribution in [1.29, 1.82) is 5.26 Å². The summed E-state index contributed by atoms with van der Waals surface area (Å²) in [6.07, 6.45) is 2.25. The van der Waals surface area contributed by atoms with E-state index in [0.717, 1.165) is 25.9 Å². The van der Waals surface area contributed by atoms with Crippen LogP contribution in [0.1, 0.15) is 36.0 Å². The number of benzene rings is 1. The Labute approximate surface area is 181 Å². The Morgan fingerprint density at radius 2 is 2.20 bits per heavy atom. The predicted octanol–water partition coefficient (Wildman–Crippen LogP) is 2.23. The average molecular weight is 438 g/mol. The van der Waals surface area contributed by atoms with E-state index in [-0.39, 0.29) is 16.8 Å². The number of methoxy groups -OCH3 is 1. The predicted molar refractivity (Wildman–Crippen MR) is 111 cm³/mol. The van der Waals surface area contributed by atoms with E-state index in [4.69, 9.17) is 31.1 Å². The van der Waals surface area contributed by atoms with Gasteiger partial charge in [0.25, 0.3) is 5.91 Å². The molecule has 1 unspecified atom stereocenters. The third-order valence-electron chi connectivity index (χ3n) is 5.47. The first-order valence-electron chi connectivity index (χ1n) is 10.3. The lowest BCUT2D eigenvalue weighted by Gasteiger charge is -2.36. The number of unbranched alkanes of at least 4 members (excludes halogenated alkanes) is 1. The summed E-state index contributed by atoms with van der Waals surface area (Å²) in [4.78, 5) is 15.1. The monoisotopic (exact) mass is 437 g/mol. The highest BCUT2D eigenvalue weighted by molar-refractivity contribution is 6.33. The molecule has 2 aliphatic rings. The molecule has 9 heteroatoms. The van der Waals surface area contributed by atoms with Crippen LogP contribution in [-0.4, -0.2) is 68.5 Å². The van der Waals surface area contributed by atoms with Crippen LogP contribution in [0.25, 0.3) is 0 Å². The molecule has 1 aromatic carbocycles. The van der Waals surface area contributed by atoms with Gasteiger partial charge in [-0.25, -0.2) is 0 Å². The molecule has 1 aromatic rings. The summed E-state index contributed by atoms with van der Waals surface area (Å²) in [5.41, 5.74) is 0.293. The van der Waals surface area contributed by atoms with E-state index in [1.165, 1.54) is 13.2 Å². The first kappa shape index (κ1) is 22.5. The number of fused-ring (bicyclic) bond motifs is 1. The van der Waals surface area contributed by atoms with Crippen LogP contribution in [0.2, 0.25) is 5.02 Å². The molecule has 0 bridgehead atoms. The van der Waals surface area contributed by atoms with Crippen molar-refractivity contribution in [2.24, 2.45) is 5.92 Å². The standard InChI is InChI=1S/C21H28ClN3O5/c1-28-19-16(22)11-15(18-20(19)30-10-4-9-29-18)21(27)24-12-14-5-8-25(13-17(14)26)7-3-2-6-23/h11,14,17,26H,2-5,7-10,12-13H2,1H3,(H,24,27)/t14-,17?/m0/s1. The molecule has 3 rings (SSSR count). The molecule has 2 atom stereocenters. The van der Waals surface area contributed by atoms with Gasteiger partial charge in [0, 0.05) is 31.8 Å². The Kier molecular flexibility index (Phi) is 8.02. The fraction of sp³-hybridized carbons (Fsp3) is 0.619. The molecule has 0 saturated carbocycles. The molecule has 2 aliphatic heterocycles. The maximum atomic E-state index is 12.9. The van der Waals surface area contributed by atoms with Gasteiger partial charge in [0.15, 0.2) is 11.5 Å². The van der Waals surface area contributed by atoms with Crippen molar-refractivity contribution in [1.82, 2.24) is 10.2 Å². The number of rotatable bonds is 7. The third-order valence-corrected chi connectivity index (χ3v) is 5.75. The summed E-state index contributed by atoms with van der Waals surface area (Å²) in [5, 5.41) is 22.3. The largest absolute Gasteiger partial charge is 0.491 e. The van der Waals surface area contributed by atoms with E-state index < -0.39 is 6.10 Å². The number of aliphatic hydroxyl groups excluding tert-OH is 1. The molecule has 0 aliphatic carbocycles. The van der Waals surface area contributed by atoms with E-state index in [1.54, 1.807) is 0 Å². The van der Waals surface area contributed by atoms with Gasteiger partial charge in [0.1, 0.15) is 0 Å². The van der Waals surface area contributed by atoms with Crippen LogP contribution in [-0.2, 0) is 0 Å². The van der Waals surface area contributed by atoms with Crippen LogP contribution in [0.15, 0.2) is 6.07 Å². The number of ether oxygens (including phenoxy) is 3. The zero-order valence-electron chi connectivity index (χ0n) is 17.2. The van der Waals surface area contributed by atoms with E-state index in [0.29, 0.717) is 62.0 Å². The summed E-state index contributed by atoms with van der Waals surface area (Å²) in [7, 11) is 1.49. The van der Waals surface area contributed by atoms with Crippen LogP contribution in [0, 0.1) is 17.2 Å². The van der Waals surface area contributed by atoms with Gasteiger partial charge in [-0.15, -0.1) is 0 Å². The number of amides is 1. The Bertz CT molecular complexity index is 798. The maximum absolute atomic E-state index is 12.9. The van der Waals surface area contributed by atoms with Gasteiger partial charge < -0.3 is 29.5 Å². The Balaban J connectivity index is 1.63. The maximum Gasteiger partial charge on any atom is 0.255 e. The zero-order valence-corrected chi connectivity index (χ0v) is 17.9. The number of piperidine rings is 1. The summed E-state index contributed by atoms with van der Waals surface area (Å²) in [6.45, 7) is 3.42. The summed E-state index contributed by atoms with van der Waals surface area (Å²) in [5.74, 6) is 0.664. The second-order valence-corrected chi connectivity index (χ2v) is 7.94. The molecule has 1 amide bonds. The normalized spacial score (nSPS) is 21.4. The average Bonchev–Trinajstić information content (AvgIpc) is 2.98. The number of nitrogens with one attached hydrogen (secondary N) is 1. The summed E-state index contributed by atoms with van der Waals surface area (Å²) in [6, 6.07) is 3.66. The fourth-order valence-corrected chi connectivity index (χ4v) is 4.09. The molecule has 2 N–H and O–H groups in total. The lowest BCUT2D eigenvalue weighted by Crippen LogP contribution is -2.47. The smallest absolute Gasteiger partial charge is 0.255 e. The van der Waals surface area contributed by atoms with E-state index in [9.17, 15) is 9.90 Å². The van der Waals surface area contributed by atoms with Crippen molar-refractivity contribution in [2.75, 3.05) is 46.5 Å². The molecule has 30 heavy (non-hydrogen) atoms. The minimum Gasteiger partial charge on any atom is -0.491 e. The second kappa shape index (κ2) is 10.7.